The molecular formula is C18H22ClN. The van der Waals surface area contributed by atoms with Gasteiger partial charge in [-0.3, -0.25) is 0 Å². The third kappa shape index (κ3) is 3.41. The molecule has 0 heterocycles. The van der Waals surface area contributed by atoms with Crippen LogP contribution >= 0.6 is 11.6 Å². The van der Waals surface area contributed by atoms with E-state index in [1.54, 1.807) is 0 Å². The van der Waals surface area contributed by atoms with Gasteiger partial charge in [0.05, 0.1) is 6.04 Å². The molecule has 0 amide bonds. The highest BCUT2D eigenvalue weighted by Crippen LogP contribution is 2.26. The molecule has 0 saturated heterocycles. The third-order valence-electron chi connectivity index (χ3n) is 3.67. The van der Waals surface area contributed by atoms with E-state index >= 15 is 0 Å². The average molecular weight is 288 g/mol. The molecule has 2 heteroatoms. The molecule has 0 aliphatic carbocycles. The lowest BCUT2D eigenvalue weighted by atomic mass is 9.96. The Morgan fingerprint density at radius 2 is 1.70 bits per heavy atom. The first-order valence-electron chi connectivity index (χ1n) is 7.18. The quantitative estimate of drug-likeness (QED) is 0.824. The molecule has 106 valence electrons. The first-order chi connectivity index (χ1) is 9.65. The average Bonchev–Trinajstić information content (AvgIpc) is 2.46. The Hall–Kier alpha value is -1.31. The molecule has 0 fully saturated rings. The van der Waals surface area contributed by atoms with Crippen LogP contribution in [0.15, 0.2) is 42.5 Å². The molecular weight excluding hydrogens is 266 g/mol. The topological polar surface area (TPSA) is 12.0 Å². The fourth-order valence-corrected chi connectivity index (χ4v) is 2.67. The van der Waals surface area contributed by atoms with Crippen molar-refractivity contribution in [1.82, 2.24) is 5.32 Å². The maximum atomic E-state index is 6.24. The molecule has 0 spiro atoms. The summed E-state index contributed by atoms with van der Waals surface area (Å²) in [5, 5.41) is 4.20. The normalized spacial score (nSPS) is 12.4. The van der Waals surface area contributed by atoms with Gasteiger partial charge in [0.15, 0.2) is 0 Å². The molecule has 0 radical (unpaired) electrons. The van der Waals surface area contributed by atoms with E-state index in [1.807, 2.05) is 14.0 Å². The Morgan fingerprint density at radius 1 is 1.05 bits per heavy atom. The highest BCUT2D eigenvalue weighted by molar-refractivity contribution is 6.31. The Kier molecular flexibility index (Phi) is 5.22. The van der Waals surface area contributed by atoms with Gasteiger partial charge in [0.2, 0.25) is 0 Å². The van der Waals surface area contributed by atoms with E-state index in [4.69, 9.17) is 11.6 Å². The number of halogens is 1. The monoisotopic (exact) mass is 287 g/mol. The lowest BCUT2D eigenvalue weighted by Crippen LogP contribution is -2.17. The minimum Gasteiger partial charge on any atom is -0.309 e. The first kappa shape index (κ1) is 15.1. The summed E-state index contributed by atoms with van der Waals surface area (Å²) in [6, 6.07) is 15.3. The summed E-state index contributed by atoms with van der Waals surface area (Å²) < 4.78 is 0. The number of aryl methyl sites for hydroxylation is 2. The predicted octanol–water partition coefficient (Wildman–Crippen LogP) is 4.91. The molecule has 1 nitrogen and oxygen atoms in total. The molecule has 1 atom stereocenters. The van der Waals surface area contributed by atoms with Crippen molar-refractivity contribution in [2.24, 2.45) is 0 Å². The van der Waals surface area contributed by atoms with Gasteiger partial charge in [-0.2, -0.15) is 0 Å². The van der Waals surface area contributed by atoms with Crippen molar-refractivity contribution in [2.75, 3.05) is 7.05 Å². The molecule has 2 rings (SSSR count). The zero-order valence-electron chi connectivity index (χ0n) is 12.4. The molecule has 0 aliphatic rings. The summed E-state index contributed by atoms with van der Waals surface area (Å²) in [6.45, 7) is 4.23. The van der Waals surface area contributed by atoms with Crippen molar-refractivity contribution in [1.29, 1.82) is 0 Å². The van der Waals surface area contributed by atoms with Crippen molar-refractivity contribution in [3.8, 4) is 0 Å². The Labute approximate surface area is 127 Å². The minimum absolute atomic E-state index is 0.184. The molecule has 0 saturated carbocycles. The first-order valence-corrected chi connectivity index (χ1v) is 7.55. The van der Waals surface area contributed by atoms with E-state index in [2.05, 4.69) is 54.7 Å². The predicted molar refractivity (Wildman–Crippen MR) is 87.5 cm³/mol. The number of hydrogen-bond donors (Lipinski definition) is 1. The zero-order valence-corrected chi connectivity index (χ0v) is 13.2. The highest BCUT2D eigenvalue weighted by Gasteiger charge is 2.12. The maximum absolute atomic E-state index is 6.24. The second-order valence-corrected chi connectivity index (χ2v) is 5.63. The van der Waals surface area contributed by atoms with Gasteiger partial charge < -0.3 is 5.32 Å². The molecule has 20 heavy (non-hydrogen) atoms. The second kappa shape index (κ2) is 6.92. The van der Waals surface area contributed by atoms with Crippen LogP contribution in [-0.2, 0) is 6.42 Å². The van der Waals surface area contributed by atoms with E-state index in [0.29, 0.717) is 0 Å². The highest BCUT2D eigenvalue weighted by atomic mass is 35.5. The van der Waals surface area contributed by atoms with Crippen LogP contribution in [0.5, 0.6) is 0 Å². The van der Waals surface area contributed by atoms with Gasteiger partial charge in [-0.15, -0.1) is 0 Å². The van der Waals surface area contributed by atoms with E-state index in [9.17, 15) is 0 Å². The van der Waals surface area contributed by atoms with Gasteiger partial charge in [0.25, 0.3) is 0 Å². The molecule has 1 N–H and O–H groups in total. The second-order valence-electron chi connectivity index (χ2n) is 5.22. The number of hydrogen-bond acceptors (Lipinski definition) is 1. The summed E-state index contributed by atoms with van der Waals surface area (Å²) in [7, 11) is 1.98. The zero-order chi connectivity index (χ0) is 14.5. The summed E-state index contributed by atoms with van der Waals surface area (Å²) in [5.74, 6) is 0. The third-order valence-corrected chi connectivity index (χ3v) is 4.08. The number of rotatable bonds is 5. The van der Waals surface area contributed by atoms with Crippen LogP contribution in [0.4, 0.5) is 0 Å². The van der Waals surface area contributed by atoms with Crippen LogP contribution in [0, 0.1) is 6.92 Å². The Balaban J connectivity index is 2.29. The van der Waals surface area contributed by atoms with Gasteiger partial charge in [-0.05, 0) is 48.7 Å². The van der Waals surface area contributed by atoms with Crippen molar-refractivity contribution in [3.63, 3.8) is 0 Å². The summed E-state index contributed by atoms with van der Waals surface area (Å²) in [6.07, 6.45) is 2.32. The molecule has 0 bridgehead atoms. The van der Waals surface area contributed by atoms with Crippen LogP contribution in [-0.4, -0.2) is 7.05 Å². The smallest absolute Gasteiger partial charge is 0.0574 e. The minimum atomic E-state index is 0.184. The molecule has 1 unspecified atom stereocenters. The summed E-state index contributed by atoms with van der Waals surface area (Å²) in [5.41, 5.74) is 4.98. The molecule has 2 aromatic carbocycles. The van der Waals surface area contributed by atoms with Gasteiger partial charge in [-0.1, -0.05) is 61.3 Å². The van der Waals surface area contributed by atoms with Crippen LogP contribution in [0.25, 0.3) is 0 Å². The van der Waals surface area contributed by atoms with E-state index in [1.165, 1.54) is 23.1 Å². The van der Waals surface area contributed by atoms with E-state index in [-0.39, 0.29) is 6.04 Å². The van der Waals surface area contributed by atoms with Crippen molar-refractivity contribution in [2.45, 2.75) is 32.7 Å². The van der Waals surface area contributed by atoms with Crippen LogP contribution < -0.4 is 5.32 Å². The lowest BCUT2D eigenvalue weighted by molar-refractivity contribution is 0.691. The van der Waals surface area contributed by atoms with Crippen molar-refractivity contribution >= 4 is 11.6 Å². The van der Waals surface area contributed by atoms with Gasteiger partial charge in [0, 0.05) is 5.02 Å². The summed E-state index contributed by atoms with van der Waals surface area (Å²) >= 11 is 6.24. The maximum Gasteiger partial charge on any atom is 0.0574 e. The molecule has 0 aromatic heterocycles. The molecule has 2 aromatic rings. The fourth-order valence-electron chi connectivity index (χ4n) is 2.48. The largest absolute Gasteiger partial charge is 0.309 e. The Bertz CT molecular complexity index is 560. The van der Waals surface area contributed by atoms with E-state index in [0.717, 1.165) is 17.0 Å². The van der Waals surface area contributed by atoms with Crippen molar-refractivity contribution in [3.05, 3.63) is 69.7 Å². The van der Waals surface area contributed by atoms with Gasteiger partial charge in [-0.25, -0.2) is 0 Å². The lowest BCUT2D eigenvalue weighted by Gasteiger charge is -2.18. The van der Waals surface area contributed by atoms with Crippen molar-refractivity contribution < 1.29 is 0 Å². The Morgan fingerprint density at radius 3 is 2.25 bits per heavy atom. The SMILES string of the molecule is CCCc1ccc(C(NC)c2ccc(C)c(Cl)c2)cc1. The van der Waals surface area contributed by atoms with Gasteiger partial charge in [0.1, 0.15) is 0 Å². The molecule has 0 aliphatic heterocycles. The standard InChI is InChI=1S/C18H22ClN/c1-4-5-14-7-10-15(11-8-14)18(20-3)16-9-6-13(2)17(19)12-16/h6-12,18,20H,4-5H2,1-3H3. The fraction of sp³-hybridized carbons (Fsp3) is 0.333. The van der Waals surface area contributed by atoms with Crippen LogP contribution in [0.2, 0.25) is 5.02 Å². The number of benzene rings is 2. The van der Waals surface area contributed by atoms with E-state index < -0.39 is 0 Å². The van der Waals surface area contributed by atoms with Crippen LogP contribution in [0.3, 0.4) is 0 Å². The number of nitrogens with one attached hydrogen (secondary N) is 1. The van der Waals surface area contributed by atoms with Crippen LogP contribution in [0.1, 0.15) is 41.6 Å². The summed E-state index contributed by atoms with van der Waals surface area (Å²) in [4.78, 5) is 0. The van der Waals surface area contributed by atoms with Gasteiger partial charge >= 0.3 is 0 Å².